The molecule has 0 aliphatic heterocycles. The number of thiophene rings is 1. The lowest BCUT2D eigenvalue weighted by Crippen LogP contribution is -2.33. The highest BCUT2D eigenvalue weighted by Gasteiger charge is 2.38. The van der Waals surface area contributed by atoms with Crippen molar-refractivity contribution in [1.29, 1.82) is 0 Å². The highest BCUT2D eigenvalue weighted by Crippen LogP contribution is 2.44. The summed E-state index contributed by atoms with van der Waals surface area (Å²) in [6.07, 6.45) is 5.92. The van der Waals surface area contributed by atoms with Crippen LogP contribution in [0.25, 0.3) is 0 Å². The molecule has 1 nitrogen and oxygen atoms in total. The summed E-state index contributed by atoms with van der Waals surface area (Å²) in [5.74, 6) is 2.05. The smallest absolute Gasteiger partial charge is 0.0216 e. The molecule has 2 aliphatic carbocycles. The van der Waals surface area contributed by atoms with Crippen molar-refractivity contribution < 1.29 is 0 Å². The monoisotopic (exact) mass is 207 g/mol. The van der Waals surface area contributed by atoms with Crippen LogP contribution in [0.5, 0.6) is 0 Å². The van der Waals surface area contributed by atoms with Gasteiger partial charge in [-0.3, -0.25) is 0 Å². The molecule has 14 heavy (non-hydrogen) atoms. The van der Waals surface area contributed by atoms with Gasteiger partial charge in [0, 0.05) is 12.6 Å². The van der Waals surface area contributed by atoms with Gasteiger partial charge >= 0.3 is 0 Å². The van der Waals surface area contributed by atoms with Crippen LogP contribution in [0, 0.1) is 11.8 Å². The van der Waals surface area contributed by atoms with E-state index in [1.807, 2.05) is 0 Å². The van der Waals surface area contributed by atoms with Gasteiger partial charge in [-0.2, -0.15) is 11.3 Å². The lowest BCUT2D eigenvalue weighted by atomic mass is 9.95. The first-order valence-corrected chi connectivity index (χ1v) is 6.60. The Morgan fingerprint density at radius 1 is 1.36 bits per heavy atom. The molecule has 2 heteroatoms. The van der Waals surface area contributed by atoms with Crippen LogP contribution in [0.3, 0.4) is 0 Å². The average molecular weight is 207 g/mol. The van der Waals surface area contributed by atoms with Crippen LogP contribution in [0.4, 0.5) is 0 Å². The van der Waals surface area contributed by atoms with Gasteiger partial charge in [0.15, 0.2) is 0 Å². The fourth-order valence-electron chi connectivity index (χ4n) is 3.14. The number of rotatable bonds is 3. The topological polar surface area (TPSA) is 12.0 Å². The van der Waals surface area contributed by atoms with Crippen LogP contribution in [-0.2, 0) is 6.54 Å². The Morgan fingerprint density at radius 2 is 2.36 bits per heavy atom. The molecule has 2 aliphatic rings. The van der Waals surface area contributed by atoms with E-state index in [9.17, 15) is 0 Å². The zero-order valence-corrected chi connectivity index (χ0v) is 9.22. The lowest BCUT2D eigenvalue weighted by molar-refractivity contribution is 0.351. The maximum absolute atomic E-state index is 3.72. The van der Waals surface area contributed by atoms with Crippen molar-refractivity contribution in [1.82, 2.24) is 5.32 Å². The van der Waals surface area contributed by atoms with Gasteiger partial charge in [0.25, 0.3) is 0 Å². The second kappa shape index (κ2) is 3.67. The van der Waals surface area contributed by atoms with E-state index in [1.54, 1.807) is 11.3 Å². The van der Waals surface area contributed by atoms with Crippen molar-refractivity contribution in [3.8, 4) is 0 Å². The molecule has 1 aromatic heterocycles. The van der Waals surface area contributed by atoms with E-state index >= 15 is 0 Å². The maximum atomic E-state index is 3.72. The van der Waals surface area contributed by atoms with E-state index in [0.717, 1.165) is 24.4 Å². The van der Waals surface area contributed by atoms with Crippen molar-refractivity contribution in [2.45, 2.75) is 38.3 Å². The fraction of sp³-hybridized carbons (Fsp3) is 0.667. The third-order valence-corrected chi connectivity index (χ3v) is 4.62. The normalized spacial score (nSPS) is 35.3. The molecule has 3 atom stereocenters. The van der Waals surface area contributed by atoms with E-state index in [0.29, 0.717) is 0 Å². The van der Waals surface area contributed by atoms with Gasteiger partial charge in [0.05, 0.1) is 0 Å². The van der Waals surface area contributed by atoms with Crippen molar-refractivity contribution >= 4 is 11.3 Å². The minimum atomic E-state index is 0.827. The predicted molar refractivity (Wildman–Crippen MR) is 60.4 cm³/mol. The van der Waals surface area contributed by atoms with E-state index in [-0.39, 0.29) is 0 Å². The van der Waals surface area contributed by atoms with Crippen LogP contribution < -0.4 is 5.32 Å². The van der Waals surface area contributed by atoms with Crippen LogP contribution in [0.1, 0.15) is 31.2 Å². The molecule has 3 rings (SSSR count). The van der Waals surface area contributed by atoms with Crippen molar-refractivity contribution in [3.05, 3.63) is 22.4 Å². The van der Waals surface area contributed by atoms with Crippen molar-refractivity contribution in [2.75, 3.05) is 0 Å². The van der Waals surface area contributed by atoms with Gasteiger partial charge in [0.1, 0.15) is 0 Å². The Morgan fingerprint density at radius 3 is 3.00 bits per heavy atom. The Hall–Kier alpha value is -0.340. The van der Waals surface area contributed by atoms with Gasteiger partial charge in [-0.15, -0.1) is 0 Å². The second-order valence-corrected chi connectivity index (χ2v) is 5.57. The number of hydrogen-bond acceptors (Lipinski definition) is 2. The Kier molecular flexibility index (Phi) is 2.34. The third-order valence-electron chi connectivity index (χ3n) is 3.89. The summed E-state index contributed by atoms with van der Waals surface area (Å²) >= 11 is 1.80. The van der Waals surface area contributed by atoms with E-state index in [4.69, 9.17) is 0 Å². The molecule has 2 bridgehead atoms. The molecule has 0 aromatic carbocycles. The van der Waals surface area contributed by atoms with Crippen LogP contribution in [0.15, 0.2) is 16.8 Å². The quantitative estimate of drug-likeness (QED) is 0.803. The van der Waals surface area contributed by atoms with Crippen LogP contribution in [0.2, 0.25) is 0 Å². The van der Waals surface area contributed by atoms with Crippen molar-refractivity contribution in [3.63, 3.8) is 0 Å². The summed E-state index contributed by atoms with van der Waals surface area (Å²) in [7, 11) is 0. The molecular weight excluding hydrogens is 190 g/mol. The maximum Gasteiger partial charge on any atom is 0.0216 e. The number of fused-ring (bicyclic) bond motifs is 2. The molecule has 2 fully saturated rings. The summed E-state index contributed by atoms with van der Waals surface area (Å²) in [6, 6.07) is 3.05. The van der Waals surface area contributed by atoms with Gasteiger partial charge in [0.2, 0.25) is 0 Å². The van der Waals surface area contributed by atoms with Crippen molar-refractivity contribution in [2.24, 2.45) is 11.8 Å². The molecule has 0 amide bonds. The molecule has 1 aromatic rings. The Labute approximate surface area is 89.5 Å². The van der Waals surface area contributed by atoms with E-state index < -0.39 is 0 Å². The Balaban J connectivity index is 1.54. The van der Waals surface area contributed by atoms with E-state index in [2.05, 4.69) is 22.1 Å². The zero-order chi connectivity index (χ0) is 9.38. The largest absolute Gasteiger partial charge is 0.310 e. The average Bonchev–Trinajstić information content (AvgIpc) is 2.91. The molecule has 0 radical (unpaired) electrons. The predicted octanol–water partition coefficient (Wildman–Crippen LogP) is 3.03. The first-order chi connectivity index (χ1) is 6.92. The van der Waals surface area contributed by atoms with Gasteiger partial charge in [-0.1, -0.05) is 6.42 Å². The van der Waals surface area contributed by atoms with Gasteiger partial charge in [-0.25, -0.2) is 0 Å². The van der Waals surface area contributed by atoms with Crippen LogP contribution >= 0.6 is 11.3 Å². The third kappa shape index (κ3) is 1.61. The molecule has 3 unspecified atom stereocenters. The summed E-state index contributed by atoms with van der Waals surface area (Å²) in [6.45, 7) is 1.08. The standard InChI is InChI=1S/C12H17NS/c1-2-11-5-9(1)6-12(11)13-7-10-3-4-14-8-10/h3-4,8-9,11-13H,1-2,5-7H2. The minimum absolute atomic E-state index is 0.827. The lowest BCUT2D eigenvalue weighted by Gasteiger charge is -2.22. The molecule has 2 saturated carbocycles. The molecule has 0 saturated heterocycles. The summed E-state index contributed by atoms with van der Waals surface area (Å²) in [4.78, 5) is 0. The van der Waals surface area contributed by atoms with Gasteiger partial charge < -0.3 is 5.32 Å². The minimum Gasteiger partial charge on any atom is -0.310 e. The summed E-state index contributed by atoms with van der Waals surface area (Å²) in [5, 5.41) is 8.14. The number of nitrogens with one attached hydrogen (secondary N) is 1. The van der Waals surface area contributed by atoms with Gasteiger partial charge in [-0.05, 0) is 53.5 Å². The number of hydrogen-bond donors (Lipinski definition) is 1. The highest BCUT2D eigenvalue weighted by molar-refractivity contribution is 7.07. The first-order valence-electron chi connectivity index (χ1n) is 5.66. The fourth-order valence-corrected chi connectivity index (χ4v) is 3.81. The van der Waals surface area contributed by atoms with Crippen LogP contribution in [-0.4, -0.2) is 6.04 Å². The highest BCUT2D eigenvalue weighted by atomic mass is 32.1. The van der Waals surface area contributed by atoms with E-state index in [1.165, 1.54) is 31.2 Å². The first kappa shape index (κ1) is 8.93. The summed E-state index contributed by atoms with van der Waals surface area (Å²) < 4.78 is 0. The molecule has 0 spiro atoms. The second-order valence-electron chi connectivity index (χ2n) is 4.79. The molecule has 76 valence electrons. The Bertz CT molecular complexity index is 293. The molecule has 1 heterocycles. The zero-order valence-electron chi connectivity index (χ0n) is 8.41. The summed E-state index contributed by atoms with van der Waals surface area (Å²) in [5.41, 5.74) is 1.46. The SMILES string of the molecule is c1cc(CNC2CC3CCC2C3)cs1. The molecule has 1 N–H and O–H groups in total. The molecular formula is C12H17NS.